The fourth-order valence-corrected chi connectivity index (χ4v) is 3.21. The van der Waals surface area contributed by atoms with Crippen LogP contribution in [0.5, 0.6) is 0 Å². The number of hydrogen-bond acceptors (Lipinski definition) is 6. The Morgan fingerprint density at radius 2 is 2.25 bits per heavy atom. The van der Waals surface area contributed by atoms with Gasteiger partial charge in [-0.05, 0) is 25.8 Å². The molecule has 0 N–H and O–H groups in total. The van der Waals surface area contributed by atoms with Crippen molar-refractivity contribution in [3.63, 3.8) is 0 Å². The number of aromatic nitrogens is 5. The van der Waals surface area contributed by atoms with E-state index in [4.69, 9.17) is 4.52 Å². The average Bonchev–Trinajstić information content (AvgIpc) is 3.19. The fourth-order valence-electron chi connectivity index (χ4n) is 3.21. The molecule has 1 saturated heterocycles. The van der Waals surface area contributed by atoms with Crippen LogP contribution in [0.15, 0.2) is 29.4 Å². The Morgan fingerprint density at radius 1 is 1.33 bits per heavy atom. The molecule has 4 heterocycles. The van der Waals surface area contributed by atoms with E-state index in [-0.39, 0.29) is 11.9 Å². The lowest BCUT2D eigenvalue weighted by Crippen LogP contribution is -2.35. The molecular weight excluding hydrogens is 308 g/mol. The van der Waals surface area contributed by atoms with Crippen LogP contribution in [0, 0.1) is 6.92 Å². The van der Waals surface area contributed by atoms with E-state index in [9.17, 15) is 4.79 Å². The van der Waals surface area contributed by atoms with Crippen molar-refractivity contribution in [2.24, 2.45) is 0 Å². The first kappa shape index (κ1) is 14.8. The zero-order valence-corrected chi connectivity index (χ0v) is 13.4. The van der Waals surface area contributed by atoms with Gasteiger partial charge in [0, 0.05) is 18.4 Å². The van der Waals surface area contributed by atoms with Crippen LogP contribution in [0.4, 0.5) is 0 Å². The minimum absolute atomic E-state index is 0.0835. The number of nitrogens with zero attached hydrogens (tertiary/aromatic N) is 6. The Balaban J connectivity index is 1.73. The van der Waals surface area contributed by atoms with Gasteiger partial charge in [-0.3, -0.25) is 4.79 Å². The van der Waals surface area contributed by atoms with Gasteiger partial charge in [0.2, 0.25) is 6.39 Å². The van der Waals surface area contributed by atoms with E-state index in [0.717, 1.165) is 31.4 Å². The van der Waals surface area contributed by atoms with Crippen LogP contribution in [-0.4, -0.2) is 42.1 Å². The molecule has 0 spiro atoms. The molecule has 3 aromatic rings. The Labute approximate surface area is 138 Å². The monoisotopic (exact) mass is 326 g/mol. The maximum atomic E-state index is 13.2. The van der Waals surface area contributed by atoms with Gasteiger partial charge in [-0.2, -0.15) is 10.1 Å². The van der Waals surface area contributed by atoms with E-state index in [1.165, 1.54) is 6.39 Å². The van der Waals surface area contributed by atoms with E-state index in [0.29, 0.717) is 23.6 Å². The predicted octanol–water partition coefficient (Wildman–Crippen LogP) is 2.18. The molecule has 8 nitrogen and oxygen atoms in total. The van der Waals surface area contributed by atoms with Crippen molar-refractivity contribution in [1.29, 1.82) is 0 Å². The quantitative estimate of drug-likeness (QED) is 0.717. The Bertz CT molecular complexity index is 857. The highest BCUT2D eigenvalue weighted by molar-refractivity contribution is 5.99. The van der Waals surface area contributed by atoms with Gasteiger partial charge in [-0.1, -0.05) is 18.0 Å². The first-order valence-electron chi connectivity index (χ1n) is 8.12. The number of carbonyl (C=O) groups is 1. The summed E-state index contributed by atoms with van der Waals surface area (Å²) < 4.78 is 6.51. The molecule has 1 fully saturated rings. The summed E-state index contributed by atoms with van der Waals surface area (Å²) in [5, 5.41) is 8.20. The van der Waals surface area contributed by atoms with Gasteiger partial charge < -0.3 is 9.42 Å². The summed E-state index contributed by atoms with van der Waals surface area (Å²) in [4.78, 5) is 23.7. The van der Waals surface area contributed by atoms with Crippen molar-refractivity contribution >= 4 is 11.6 Å². The van der Waals surface area contributed by atoms with E-state index in [1.807, 2.05) is 24.1 Å². The second-order valence-corrected chi connectivity index (χ2v) is 6.05. The first-order chi connectivity index (χ1) is 11.7. The van der Waals surface area contributed by atoms with Gasteiger partial charge in [0.1, 0.15) is 5.56 Å². The molecule has 0 radical (unpaired) electrons. The lowest BCUT2D eigenvalue weighted by molar-refractivity contribution is 0.0672. The van der Waals surface area contributed by atoms with E-state index < -0.39 is 0 Å². The molecular formula is C16H18N6O2. The minimum atomic E-state index is -0.168. The number of hydrogen-bond donors (Lipinski definition) is 0. The number of rotatable bonds is 2. The lowest BCUT2D eigenvalue weighted by Gasteiger charge is -2.27. The van der Waals surface area contributed by atoms with Gasteiger partial charge in [-0.15, -0.1) is 0 Å². The maximum absolute atomic E-state index is 13.2. The smallest absolute Gasteiger partial charge is 0.259 e. The summed E-state index contributed by atoms with van der Waals surface area (Å²) in [5.41, 5.74) is 1.94. The van der Waals surface area contributed by atoms with Crippen LogP contribution in [0.1, 0.15) is 53.6 Å². The van der Waals surface area contributed by atoms with Crippen LogP contribution < -0.4 is 0 Å². The summed E-state index contributed by atoms with van der Waals surface area (Å²) in [6, 6.07) is 1.70. The minimum Gasteiger partial charge on any atom is -0.343 e. The molecule has 1 aliphatic rings. The molecule has 0 aromatic carbocycles. The molecule has 1 amide bonds. The second-order valence-electron chi connectivity index (χ2n) is 6.05. The number of carbonyl (C=O) groups excluding carboxylic acids is 1. The van der Waals surface area contributed by atoms with Crippen molar-refractivity contribution in [1.82, 2.24) is 29.6 Å². The van der Waals surface area contributed by atoms with Crippen molar-refractivity contribution in [2.45, 2.75) is 38.6 Å². The van der Waals surface area contributed by atoms with Gasteiger partial charge in [0.05, 0.1) is 12.2 Å². The standard InChI is InChI=1S/C16H18N6O2/c1-11-6-8-22-15(19-11)12(9-18-22)16(23)21-7-4-2-3-5-13(21)14-17-10-24-20-14/h6,8-10,13H,2-5,7H2,1H3/t13-/m1/s1. The number of likely N-dealkylation sites (tertiary alicyclic amines) is 1. The zero-order valence-electron chi connectivity index (χ0n) is 13.4. The Morgan fingerprint density at radius 3 is 3.08 bits per heavy atom. The van der Waals surface area contributed by atoms with E-state index in [2.05, 4.69) is 20.2 Å². The van der Waals surface area contributed by atoms with Gasteiger partial charge >= 0.3 is 0 Å². The summed E-state index contributed by atoms with van der Waals surface area (Å²) in [5.74, 6) is 0.477. The molecule has 1 aliphatic heterocycles. The highest BCUT2D eigenvalue weighted by Gasteiger charge is 2.31. The molecule has 0 unspecified atom stereocenters. The average molecular weight is 326 g/mol. The van der Waals surface area contributed by atoms with Crippen molar-refractivity contribution in [2.75, 3.05) is 6.54 Å². The molecule has 0 aliphatic carbocycles. The van der Waals surface area contributed by atoms with Crippen molar-refractivity contribution in [3.8, 4) is 0 Å². The molecule has 124 valence electrons. The zero-order chi connectivity index (χ0) is 16.5. The summed E-state index contributed by atoms with van der Waals surface area (Å²) in [6.45, 7) is 2.57. The largest absolute Gasteiger partial charge is 0.343 e. The Hall–Kier alpha value is -2.77. The third-order valence-electron chi connectivity index (χ3n) is 4.43. The van der Waals surface area contributed by atoms with Crippen LogP contribution >= 0.6 is 0 Å². The molecule has 24 heavy (non-hydrogen) atoms. The molecule has 1 atom stereocenters. The number of fused-ring (bicyclic) bond motifs is 1. The molecule has 0 saturated carbocycles. The summed E-state index contributed by atoms with van der Waals surface area (Å²) in [6.07, 6.45) is 8.63. The SMILES string of the molecule is Cc1ccn2ncc(C(=O)N3CCCCC[C@@H]3c3ncon3)c2n1. The van der Waals surface area contributed by atoms with Gasteiger partial charge in [0.15, 0.2) is 11.5 Å². The van der Waals surface area contributed by atoms with Crippen molar-refractivity contribution < 1.29 is 9.32 Å². The van der Waals surface area contributed by atoms with Crippen LogP contribution in [0.3, 0.4) is 0 Å². The van der Waals surface area contributed by atoms with Gasteiger partial charge in [-0.25, -0.2) is 9.50 Å². The maximum Gasteiger partial charge on any atom is 0.259 e. The van der Waals surface area contributed by atoms with Crippen LogP contribution in [0.2, 0.25) is 0 Å². The van der Waals surface area contributed by atoms with E-state index >= 15 is 0 Å². The number of aryl methyl sites for hydroxylation is 1. The molecule has 4 rings (SSSR count). The lowest BCUT2D eigenvalue weighted by atomic mass is 10.1. The third kappa shape index (κ3) is 2.53. The Kier molecular flexibility index (Phi) is 3.72. The first-order valence-corrected chi connectivity index (χ1v) is 8.12. The van der Waals surface area contributed by atoms with Crippen molar-refractivity contribution in [3.05, 3.63) is 41.9 Å². The van der Waals surface area contributed by atoms with Crippen LogP contribution in [0.25, 0.3) is 5.65 Å². The second kappa shape index (κ2) is 6.03. The summed E-state index contributed by atoms with van der Waals surface area (Å²) >= 11 is 0. The number of amides is 1. The highest BCUT2D eigenvalue weighted by Crippen LogP contribution is 2.30. The molecule has 3 aromatic heterocycles. The van der Waals surface area contributed by atoms with E-state index in [1.54, 1.807) is 10.7 Å². The molecule has 0 bridgehead atoms. The predicted molar refractivity (Wildman–Crippen MR) is 84.3 cm³/mol. The van der Waals surface area contributed by atoms with Crippen LogP contribution in [-0.2, 0) is 0 Å². The highest BCUT2D eigenvalue weighted by atomic mass is 16.5. The molecule has 8 heteroatoms. The van der Waals surface area contributed by atoms with Gasteiger partial charge in [0.25, 0.3) is 5.91 Å². The fraction of sp³-hybridized carbons (Fsp3) is 0.438. The topological polar surface area (TPSA) is 89.4 Å². The normalized spacial score (nSPS) is 18.7. The summed E-state index contributed by atoms with van der Waals surface area (Å²) in [7, 11) is 0. The third-order valence-corrected chi connectivity index (χ3v) is 4.43.